The maximum Gasteiger partial charge on any atom is 0.332 e. The van der Waals surface area contributed by atoms with Gasteiger partial charge < -0.3 is 10.1 Å². The number of nitro benzene ring substituents is 1. The fourth-order valence-corrected chi connectivity index (χ4v) is 3.99. The van der Waals surface area contributed by atoms with E-state index in [1.54, 1.807) is 31.2 Å². The van der Waals surface area contributed by atoms with Crippen molar-refractivity contribution in [2.24, 2.45) is 0 Å². The third-order valence-electron chi connectivity index (χ3n) is 3.99. The summed E-state index contributed by atoms with van der Waals surface area (Å²) in [5.74, 6) is -1.09. The van der Waals surface area contributed by atoms with Crippen molar-refractivity contribution in [1.82, 2.24) is 0 Å². The second kappa shape index (κ2) is 7.17. The Bertz CT molecular complexity index is 868. The number of hydrogen-bond acceptors (Lipinski definition) is 6. The first-order valence-corrected chi connectivity index (χ1v) is 8.78. The predicted molar refractivity (Wildman–Crippen MR) is 97.1 cm³/mol. The summed E-state index contributed by atoms with van der Waals surface area (Å²) in [5.41, 5.74) is 1.22. The average molecular weight is 372 g/mol. The number of thioether (sulfide) groups is 1. The molecule has 1 unspecified atom stereocenters. The lowest BCUT2D eigenvalue weighted by molar-refractivity contribution is -0.384. The molecule has 0 aliphatic carbocycles. The monoisotopic (exact) mass is 372 g/mol. The lowest BCUT2D eigenvalue weighted by Crippen LogP contribution is -2.51. The molecule has 1 heterocycles. The number of amides is 1. The standard InChI is InChI=1S/C18H16N2O5S/c1-2-25-17(22)18(11-12-7-9-13(10-8-12)20(23)24)16(21)19-14-5-3-4-6-15(14)26-18/h3-10H,2,11H2,1H3,(H,19,21). The fourth-order valence-electron chi connectivity index (χ4n) is 2.71. The fraction of sp³-hybridized carbons (Fsp3) is 0.222. The van der Waals surface area contributed by atoms with Crippen LogP contribution in [0, 0.1) is 10.1 Å². The molecular formula is C18H16N2O5S. The lowest BCUT2D eigenvalue weighted by atomic mass is 9.96. The van der Waals surface area contributed by atoms with Gasteiger partial charge in [-0.3, -0.25) is 14.9 Å². The van der Waals surface area contributed by atoms with Crippen molar-refractivity contribution in [1.29, 1.82) is 0 Å². The number of carbonyl (C=O) groups is 2. The van der Waals surface area contributed by atoms with Crippen LogP contribution in [0.25, 0.3) is 0 Å². The maximum absolute atomic E-state index is 12.8. The Morgan fingerprint density at radius 2 is 1.92 bits per heavy atom. The highest BCUT2D eigenvalue weighted by atomic mass is 32.2. The van der Waals surface area contributed by atoms with E-state index in [4.69, 9.17) is 4.74 Å². The van der Waals surface area contributed by atoms with Crippen LogP contribution in [-0.2, 0) is 20.7 Å². The summed E-state index contributed by atoms with van der Waals surface area (Å²) in [6.45, 7) is 1.83. The summed E-state index contributed by atoms with van der Waals surface area (Å²) >= 11 is 1.15. The number of carbonyl (C=O) groups excluding carboxylic acids is 2. The first-order chi connectivity index (χ1) is 12.5. The largest absolute Gasteiger partial charge is 0.465 e. The Morgan fingerprint density at radius 3 is 2.58 bits per heavy atom. The number of para-hydroxylation sites is 1. The Balaban J connectivity index is 1.99. The maximum atomic E-state index is 12.8. The van der Waals surface area contributed by atoms with Crippen LogP contribution in [0.1, 0.15) is 12.5 Å². The molecule has 0 saturated carbocycles. The van der Waals surface area contributed by atoms with Crippen molar-refractivity contribution >= 4 is 35.0 Å². The minimum absolute atomic E-state index is 0.0509. The van der Waals surface area contributed by atoms with Crippen LogP contribution in [0.4, 0.5) is 11.4 Å². The Kier molecular flexibility index (Phi) is 4.94. The molecule has 8 heteroatoms. The SMILES string of the molecule is CCOC(=O)C1(Cc2ccc([N+](=O)[O-])cc2)Sc2ccccc2NC1=O. The third-order valence-corrected chi connectivity index (χ3v) is 5.41. The van der Waals surface area contributed by atoms with E-state index in [0.717, 1.165) is 16.7 Å². The van der Waals surface area contributed by atoms with E-state index in [-0.39, 0.29) is 18.7 Å². The van der Waals surface area contributed by atoms with E-state index in [9.17, 15) is 19.7 Å². The summed E-state index contributed by atoms with van der Waals surface area (Å²) in [7, 11) is 0. The number of nitrogens with zero attached hydrogens (tertiary/aromatic N) is 1. The zero-order valence-corrected chi connectivity index (χ0v) is 14.7. The van der Waals surface area contributed by atoms with Crippen molar-refractivity contribution in [2.45, 2.75) is 23.0 Å². The summed E-state index contributed by atoms with van der Waals surface area (Å²) in [4.78, 5) is 36.6. The van der Waals surface area contributed by atoms with Gasteiger partial charge in [-0.15, -0.1) is 0 Å². The molecule has 1 aliphatic heterocycles. The average Bonchev–Trinajstić information content (AvgIpc) is 2.63. The summed E-state index contributed by atoms with van der Waals surface area (Å²) in [6, 6.07) is 13.0. The molecule has 2 aromatic rings. The Morgan fingerprint density at radius 1 is 1.23 bits per heavy atom. The molecule has 0 aromatic heterocycles. The molecule has 0 radical (unpaired) electrons. The first-order valence-electron chi connectivity index (χ1n) is 7.96. The van der Waals surface area contributed by atoms with Gasteiger partial charge in [0.2, 0.25) is 4.75 Å². The van der Waals surface area contributed by atoms with Gasteiger partial charge in [-0.2, -0.15) is 0 Å². The van der Waals surface area contributed by atoms with Crippen LogP contribution in [0.15, 0.2) is 53.4 Å². The molecule has 1 N–H and O–H groups in total. The first kappa shape index (κ1) is 17.9. The molecule has 0 spiro atoms. The van der Waals surface area contributed by atoms with E-state index < -0.39 is 21.5 Å². The molecule has 26 heavy (non-hydrogen) atoms. The van der Waals surface area contributed by atoms with Crippen LogP contribution in [0.2, 0.25) is 0 Å². The minimum atomic E-state index is -1.49. The van der Waals surface area contributed by atoms with Gasteiger partial charge in [0.05, 0.1) is 17.2 Å². The van der Waals surface area contributed by atoms with Crippen LogP contribution < -0.4 is 5.32 Å². The number of rotatable bonds is 5. The Labute approximate surface area is 153 Å². The van der Waals surface area contributed by atoms with Crippen LogP contribution in [0.3, 0.4) is 0 Å². The number of ether oxygens (including phenoxy) is 1. The number of nitrogens with one attached hydrogen (secondary N) is 1. The number of fused-ring (bicyclic) bond motifs is 1. The number of anilines is 1. The molecular weight excluding hydrogens is 356 g/mol. The van der Waals surface area contributed by atoms with Gasteiger partial charge in [0.1, 0.15) is 0 Å². The number of hydrogen-bond donors (Lipinski definition) is 1. The van der Waals surface area contributed by atoms with E-state index in [1.807, 2.05) is 12.1 Å². The number of benzene rings is 2. The molecule has 1 aliphatic rings. The van der Waals surface area contributed by atoms with Crippen molar-refractivity contribution in [3.63, 3.8) is 0 Å². The highest BCUT2D eigenvalue weighted by Crippen LogP contribution is 2.45. The summed E-state index contributed by atoms with van der Waals surface area (Å²) in [5, 5.41) is 13.6. The number of non-ortho nitro benzene ring substituents is 1. The summed E-state index contributed by atoms with van der Waals surface area (Å²) in [6.07, 6.45) is 0.0641. The predicted octanol–water partition coefficient (Wildman–Crippen LogP) is 3.18. The molecule has 0 bridgehead atoms. The van der Waals surface area contributed by atoms with Crippen LogP contribution in [-0.4, -0.2) is 28.2 Å². The zero-order valence-electron chi connectivity index (χ0n) is 13.9. The van der Waals surface area contributed by atoms with Gasteiger partial charge in [-0.05, 0) is 24.6 Å². The molecule has 1 amide bonds. The van der Waals surface area contributed by atoms with Crippen LogP contribution >= 0.6 is 11.8 Å². The van der Waals surface area contributed by atoms with Gasteiger partial charge in [-0.25, -0.2) is 4.79 Å². The summed E-state index contributed by atoms with van der Waals surface area (Å²) < 4.78 is 3.69. The van der Waals surface area contributed by atoms with E-state index >= 15 is 0 Å². The zero-order chi connectivity index (χ0) is 18.7. The highest BCUT2D eigenvalue weighted by Gasteiger charge is 2.51. The molecule has 1 atom stereocenters. The second-order valence-electron chi connectivity index (χ2n) is 5.70. The molecule has 0 saturated heterocycles. The van der Waals surface area contributed by atoms with Crippen molar-refractivity contribution in [3.05, 3.63) is 64.2 Å². The molecule has 134 valence electrons. The third kappa shape index (κ3) is 3.28. The van der Waals surface area contributed by atoms with Gasteiger partial charge in [0, 0.05) is 23.4 Å². The Hall–Kier alpha value is -2.87. The quantitative estimate of drug-likeness (QED) is 0.375. The van der Waals surface area contributed by atoms with E-state index in [1.165, 1.54) is 12.1 Å². The number of nitro groups is 1. The smallest absolute Gasteiger partial charge is 0.332 e. The van der Waals surface area contributed by atoms with Gasteiger partial charge in [-0.1, -0.05) is 36.0 Å². The van der Waals surface area contributed by atoms with E-state index in [2.05, 4.69) is 5.32 Å². The molecule has 3 rings (SSSR count). The van der Waals surface area contributed by atoms with Crippen molar-refractivity contribution in [2.75, 3.05) is 11.9 Å². The molecule has 2 aromatic carbocycles. The van der Waals surface area contributed by atoms with E-state index in [0.29, 0.717) is 11.3 Å². The van der Waals surface area contributed by atoms with Gasteiger partial charge in [0.15, 0.2) is 0 Å². The topological polar surface area (TPSA) is 98.5 Å². The second-order valence-corrected chi connectivity index (χ2v) is 7.04. The molecule has 7 nitrogen and oxygen atoms in total. The van der Waals surface area contributed by atoms with Gasteiger partial charge >= 0.3 is 5.97 Å². The molecule has 0 fully saturated rings. The van der Waals surface area contributed by atoms with Crippen molar-refractivity contribution < 1.29 is 19.2 Å². The normalized spacial score (nSPS) is 18.6. The van der Waals surface area contributed by atoms with Gasteiger partial charge in [0.25, 0.3) is 11.6 Å². The lowest BCUT2D eigenvalue weighted by Gasteiger charge is -2.34. The number of esters is 1. The van der Waals surface area contributed by atoms with Crippen LogP contribution in [0.5, 0.6) is 0 Å². The van der Waals surface area contributed by atoms with Crippen molar-refractivity contribution in [3.8, 4) is 0 Å². The highest BCUT2D eigenvalue weighted by molar-refractivity contribution is 8.02. The minimum Gasteiger partial charge on any atom is -0.465 e.